The molecule has 0 amide bonds. The van der Waals surface area contributed by atoms with Crippen LogP contribution >= 0.6 is 11.3 Å². The van der Waals surface area contributed by atoms with Gasteiger partial charge in [-0.1, -0.05) is 0 Å². The third-order valence-corrected chi connectivity index (χ3v) is 6.04. The third kappa shape index (κ3) is 2.69. The lowest BCUT2D eigenvalue weighted by atomic mass is 10.1. The molecule has 0 spiro atoms. The largest absolute Gasteiger partial charge is 0.336 e. The first-order valence-electron chi connectivity index (χ1n) is 9.43. The summed E-state index contributed by atoms with van der Waals surface area (Å²) in [6.07, 6.45) is 7.19. The van der Waals surface area contributed by atoms with Crippen LogP contribution in [-0.2, 0) is 0 Å². The van der Waals surface area contributed by atoms with Crippen LogP contribution in [0.2, 0.25) is 0 Å². The highest BCUT2D eigenvalue weighted by Crippen LogP contribution is 2.33. The van der Waals surface area contributed by atoms with Crippen molar-refractivity contribution in [2.24, 2.45) is 0 Å². The molecule has 0 unspecified atom stereocenters. The fraction of sp³-hybridized carbons (Fsp3) is 0.0455. The molecule has 0 aromatic carbocycles. The number of aromatic amines is 2. The van der Waals surface area contributed by atoms with Gasteiger partial charge in [0.25, 0.3) is 0 Å². The second-order valence-corrected chi connectivity index (χ2v) is 8.27. The minimum atomic E-state index is 0.687. The lowest BCUT2D eigenvalue weighted by Gasteiger charge is -2.00. The number of nitrogens with one attached hydrogen (secondary N) is 2. The molecule has 144 valence electrons. The monoisotopic (exact) mass is 409 g/mol. The van der Waals surface area contributed by atoms with Crippen molar-refractivity contribution in [3.05, 3.63) is 66.1 Å². The van der Waals surface area contributed by atoms with Crippen LogP contribution in [-0.4, -0.2) is 35.1 Å². The van der Waals surface area contributed by atoms with E-state index in [-0.39, 0.29) is 0 Å². The summed E-state index contributed by atoms with van der Waals surface area (Å²) >= 11 is 1.71. The van der Waals surface area contributed by atoms with E-state index in [0.29, 0.717) is 5.82 Å². The summed E-state index contributed by atoms with van der Waals surface area (Å²) in [5.41, 5.74) is 6.15. The molecule has 0 saturated heterocycles. The van der Waals surface area contributed by atoms with Gasteiger partial charge in [-0.3, -0.25) is 15.1 Å². The Morgan fingerprint density at radius 3 is 2.63 bits per heavy atom. The number of hydrogen-bond donors (Lipinski definition) is 2. The second kappa shape index (κ2) is 6.57. The topological polar surface area (TPSA) is 96.0 Å². The van der Waals surface area contributed by atoms with Crippen molar-refractivity contribution < 1.29 is 0 Å². The van der Waals surface area contributed by atoms with Gasteiger partial charge >= 0.3 is 0 Å². The van der Waals surface area contributed by atoms with Gasteiger partial charge in [-0.2, -0.15) is 5.10 Å². The molecule has 6 aromatic heterocycles. The van der Waals surface area contributed by atoms with Gasteiger partial charge in [-0.25, -0.2) is 9.97 Å². The summed E-state index contributed by atoms with van der Waals surface area (Å²) in [6.45, 7) is 2.09. The minimum Gasteiger partial charge on any atom is -0.336 e. The molecular weight excluding hydrogens is 394 g/mol. The van der Waals surface area contributed by atoms with Crippen molar-refractivity contribution in [1.82, 2.24) is 35.1 Å². The maximum Gasteiger partial charge on any atom is 0.159 e. The van der Waals surface area contributed by atoms with Crippen molar-refractivity contribution in [2.45, 2.75) is 6.92 Å². The van der Waals surface area contributed by atoms with Crippen LogP contribution < -0.4 is 0 Å². The van der Waals surface area contributed by atoms with Gasteiger partial charge in [-0.05, 0) is 48.9 Å². The summed E-state index contributed by atoms with van der Waals surface area (Å²) in [6, 6.07) is 12.1. The molecule has 6 heterocycles. The smallest absolute Gasteiger partial charge is 0.159 e. The maximum atomic E-state index is 4.86. The van der Waals surface area contributed by atoms with Crippen LogP contribution in [0.3, 0.4) is 0 Å². The molecule has 0 saturated carbocycles. The van der Waals surface area contributed by atoms with E-state index in [9.17, 15) is 0 Å². The number of aryl methyl sites for hydroxylation is 1. The van der Waals surface area contributed by atoms with Crippen LogP contribution in [0.5, 0.6) is 0 Å². The normalized spacial score (nSPS) is 11.5. The van der Waals surface area contributed by atoms with Gasteiger partial charge in [0.1, 0.15) is 16.9 Å². The predicted molar refractivity (Wildman–Crippen MR) is 118 cm³/mol. The first-order valence-corrected chi connectivity index (χ1v) is 10.2. The van der Waals surface area contributed by atoms with E-state index in [1.807, 2.05) is 24.4 Å². The Kier molecular flexibility index (Phi) is 3.72. The predicted octanol–water partition coefficient (Wildman–Crippen LogP) is 5.00. The van der Waals surface area contributed by atoms with Crippen LogP contribution in [0.1, 0.15) is 4.88 Å². The van der Waals surface area contributed by atoms with Crippen molar-refractivity contribution in [3.63, 3.8) is 0 Å². The molecule has 30 heavy (non-hydrogen) atoms. The molecule has 6 rings (SSSR count). The fourth-order valence-electron chi connectivity index (χ4n) is 3.58. The highest BCUT2D eigenvalue weighted by atomic mass is 32.1. The number of thiophene rings is 1. The van der Waals surface area contributed by atoms with E-state index in [1.165, 1.54) is 4.88 Å². The van der Waals surface area contributed by atoms with Gasteiger partial charge in [0.2, 0.25) is 0 Å². The fourth-order valence-corrected chi connectivity index (χ4v) is 4.44. The second-order valence-electron chi connectivity index (χ2n) is 6.98. The standard InChI is InChI=1S/C22H15N7S/c1-12-2-3-17(30-12)20-19-16(6-9-24-20)26-22(27-19)18-15-10-14(11-25-21(15)29-28-18)13-4-7-23-8-5-13/h2-11H,1H3,(H,26,27)(H,25,28,29). The molecule has 7 nitrogen and oxygen atoms in total. The number of fused-ring (bicyclic) bond motifs is 2. The lowest BCUT2D eigenvalue weighted by molar-refractivity contribution is 1.09. The first kappa shape index (κ1) is 17.0. The Labute approximate surface area is 174 Å². The molecule has 0 aliphatic rings. The van der Waals surface area contributed by atoms with E-state index in [1.54, 1.807) is 29.9 Å². The van der Waals surface area contributed by atoms with Crippen molar-refractivity contribution in [3.8, 4) is 33.2 Å². The third-order valence-electron chi connectivity index (χ3n) is 5.03. The van der Waals surface area contributed by atoms with Crippen molar-refractivity contribution in [2.75, 3.05) is 0 Å². The van der Waals surface area contributed by atoms with Gasteiger partial charge < -0.3 is 4.98 Å². The number of pyridine rings is 3. The highest BCUT2D eigenvalue weighted by Gasteiger charge is 2.17. The first-order chi connectivity index (χ1) is 14.8. The molecule has 0 radical (unpaired) electrons. The summed E-state index contributed by atoms with van der Waals surface area (Å²) < 4.78 is 0. The van der Waals surface area contributed by atoms with Crippen LogP contribution in [0.25, 0.3) is 55.3 Å². The highest BCUT2D eigenvalue weighted by molar-refractivity contribution is 7.15. The molecule has 8 heteroatoms. The summed E-state index contributed by atoms with van der Waals surface area (Å²) in [7, 11) is 0. The number of rotatable bonds is 3. The summed E-state index contributed by atoms with van der Waals surface area (Å²) in [5, 5.41) is 8.41. The molecule has 0 bridgehead atoms. The average Bonchev–Trinajstić information content (AvgIpc) is 3.51. The van der Waals surface area contributed by atoms with Crippen molar-refractivity contribution >= 4 is 33.4 Å². The number of aromatic nitrogens is 7. The zero-order valence-corrected chi connectivity index (χ0v) is 16.7. The van der Waals surface area contributed by atoms with Crippen molar-refractivity contribution in [1.29, 1.82) is 0 Å². The maximum absolute atomic E-state index is 4.86. The Bertz CT molecular complexity index is 1510. The van der Waals surface area contributed by atoms with Gasteiger partial charge in [0.05, 0.1) is 15.8 Å². The summed E-state index contributed by atoms with van der Waals surface area (Å²) in [5.74, 6) is 0.687. The van der Waals surface area contributed by atoms with Gasteiger partial charge in [0, 0.05) is 35.2 Å². The number of hydrogen-bond acceptors (Lipinski definition) is 6. The quantitative estimate of drug-likeness (QED) is 0.429. The van der Waals surface area contributed by atoms with E-state index >= 15 is 0 Å². The lowest BCUT2D eigenvalue weighted by Crippen LogP contribution is -1.84. The van der Waals surface area contributed by atoms with Crippen LogP contribution in [0, 0.1) is 6.92 Å². The van der Waals surface area contributed by atoms with Crippen LogP contribution in [0.4, 0.5) is 0 Å². The Morgan fingerprint density at radius 1 is 0.900 bits per heavy atom. The molecule has 0 fully saturated rings. The van der Waals surface area contributed by atoms with E-state index in [0.717, 1.165) is 49.5 Å². The zero-order valence-electron chi connectivity index (χ0n) is 15.9. The minimum absolute atomic E-state index is 0.687. The van der Waals surface area contributed by atoms with Crippen LogP contribution in [0.15, 0.2) is 61.2 Å². The Balaban J connectivity index is 1.52. The Hall–Kier alpha value is -3.91. The molecule has 0 atom stereocenters. The number of H-pyrrole nitrogens is 2. The van der Waals surface area contributed by atoms with Gasteiger partial charge in [0.15, 0.2) is 11.5 Å². The molecule has 6 aromatic rings. The Morgan fingerprint density at radius 2 is 1.80 bits per heavy atom. The molecule has 0 aliphatic heterocycles. The van der Waals surface area contributed by atoms with Gasteiger partial charge in [-0.15, -0.1) is 11.3 Å². The zero-order chi connectivity index (χ0) is 20.1. The number of nitrogens with zero attached hydrogens (tertiary/aromatic N) is 5. The van der Waals surface area contributed by atoms with E-state index in [4.69, 9.17) is 4.98 Å². The molecular formula is C22H15N7S. The average molecular weight is 409 g/mol. The number of imidazole rings is 1. The summed E-state index contributed by atoms with van der Waals surface area (Å²) in [4.78, 5) is 23.8. The van der Waals surface area contributed by atoms with E-state index < -0.39 is 0 Å². The molecule has 2 N–H and O–H groups in total. The SMILES string of the molecule is Cc1ccc(-c2nccc3[nH]c(-c4n[nH]c5ncc(-c6ccncc6)cc45)nc23)s1. The van der Waals surface area contributed by atoms with E-state index in [2.05, 4.69) is 55.3 Å². The molecule has 0 aliphatic carbocycles.